The number of carbonyl (C=O) groups excluding carboxylic acids is 1. The summed E-state index contributed by atoms with van der Waals surface area (Å²) in [7, 11) is 0. The van der Waals surface area contributed by atoms with Crippen LogP contribution in [0, 0.1) is 25.5 Å². The number of thiophene rings is 1. The van der Waals surface area contributed by atoms with Gasteiger partial charge in [-0.15, -0.1) is 11.3 Å². The van der Waals surface area contributed by atoms with Crippen LogP contribution >= 0.6 is 23.1 Å². The summed E-state index contributed by atoms with van der Waals surface area (Å²) in [5, 5.41) is 4.27. The van der Waals surface area contributed by atoms with E-state index in [1.54, 1.807) is 16.2 Å². The maximum Gasteiger partial charge on any atom is 0.234 e. The Bertz CT molecular complexity index is 1060. The highest BCUT2D eigenvalue weighted by Gasteiger charge is 2.21. The van der Waals surface area contributed by atoms with Crippen LogP contribution in [0.25, 0.3) is 10.2 Å². The summed E-state index contributed by atoms with van der Waals surface area (Å²) in [6.07, 6.45) is 3.34. The molecule has 1 saturated heterocycles. The number of nitrogens with one attached hydrogen (secondary N) is 1. The van der Waals surface area contributed by atoms with E-state index in [9.17, 15) is 13.6 Å². The fourth-order valence-corrected chi connectivity index (χ4v) is 5.39. The number of fused-ring (bicyclic) bond motifs is 1. The lowest BCUT2D eigenvalue weighted by Crippen LogP contribution is -2.21. The van der Waals surface area contributed by atoms with Crippen molar-refractivity contribution in [2.45, 2.75) is 31.7 Å². The lowest BCUT2D eigenvalue weighted by molar-refractivity contribution is -0.113. The zero-order chi connectivity index (χ0) is 20.5. The molecule has 9 heteroatoms. The Morgan fingerprint density at radius 3 is 2.59 bits per heavy atom. The molecule has 3 heterocycles. The normalized spacial score (nSPS) is 14.0. The Balaban J connectivity index is 1.45. The number of hydrogen-bond donors (Lipinski definition) is 1. The molecule has 1 aromatic carbocycles. The van der Waals surface area contributed by atoms with Crippen LogP contribution in [0.1, 0.15) is 23.3 Å². The molecule has 5 nitrogen and oxygen atoms in total. The van der Waals surface area contributed by atoms with Gasteiger partial charge in [-0.1, -0.05) is 11.8 Å². The molecule has 0 unspecified atom stereocenters. The van der Waals surface area contributed by atoms with Gasteiger partial charge in [0.25, 0.3) is 0 Å². The van der Waals surface area contributed by atoms with E-state index in [2.05, 4.69) is 15.3 Å². The average molecular weight is 435 g/mol. The van der Waals surface area contributed by atoms with Crippen molar-refractivity contribution in [1.29, 1.82) is 0 Å². The average Bonchev–Trinajstić information content (AvgIpc) is 3.28. The van der Waals surface area contributed by atoms with Crippen LogP contribution < -0.4 is 10.2 Å². The van der Waals surface area contributed by atoms with E-state index >= 15 is 0 Å². The second-order valence-corrected chi connectivity index (χ2v) is 9.13. The van der Waals surface area contributed by atoms with Crippen LogP contribution in [0.15, 0.2) is 23.5 Å². The largest absolute Gasteiger partial charge is 0.367 e. The first kappa shape index (κ1) is 20.0. The minimum Gasteiger partial charge on any atom is -0.367 e. The molecule has 0 radical (unpaired) electrons. The van der Waals surface area contributed by atoms with Crippen molar-refractivity contribution >= 4 is 50.6 Å². The van der Waals surface area contributed by atoms with Crippen LogP contribution in [0.3, 0.4) is 0 Å². The summed E-state index contributed by atoms with van der Waals surface area (Å²) in [5.41, 5.74) is 1.21. The fraction of sp³-hybridized carbons (Fsp3) is 0.350. The van der Waals surface area contributed by atoms with E-state index in [0.29, 0.717) is 13.1 Å². The van der Waals surface area contributed by atoms with Gasteiger partial charge in [0, 0.05) is 29.0 Å². The van der Waals surface area contributed by atoms with Crippen molar-refractivity contribution in [3.05, 3.63) is 40.5 Å². The quantitative estimate of drug-likeness (QED) is 0.456. The first-order valence-electron chi connectivity index (χ1n) is 9.31. The van der Waals surface area contributed by atoms with Crippen LogP contribution in [0.2, 0.25) is 0 Å². The summed E-state index contributed by atoms with van der Waals surface area (Å²) in [4.78, 5) is 24.7. The van der Waals surface area contributed by atoms with E-state index in [4.69, 9.17) is 0 Å². The summed E-state index contributed by atoms with van der Waals surface area (Å²) in [6.45, 7) is 5.32. The third-order valence-corrected chi connectivity index (χ3v) is 7.10. The molecule has 1 fully saturated rings. The van der Waals surface area contributed by atoms with E-state index in [0.717, 1.165) is 38.5 Å². The first-order valence-corrected chi connectivity index (χ1v) is 11.1. The number of carbonyl (C=O) groups is 1. The Morgan fingerprint density at radius 1 is 1.21 bits per heavy atom. The van der Waals surface area contributed by atoms with Gasteiger partial charge in [-0.25, -0.2) is 18.7 Å². The molecule has 1 amide bonds. The minimum atomic E-state index is -0.656. The molecule has 29 heavy (non-hydrogen) atoms. The van der Waals surface area contributed by atoms with Crippen molar-refractivity contribution in [2.75, 3.05) is 29.1 Å². The molecule has 0 spiro atoms. The topological polar surface area (TPSA) is 58.1 Å². The molecule has 2 aromatic heterocycles. The second-order valence-electron chi connectivity index (χ2n) is 6.96. The Morgan fingerprint density at radius 2 is 1.90 bits per heavy atom. The molecular formula is C20H20F2N4OS2. The number of halogens is 2. The van der Waals surface area contributed by atoms with Gasteiger partial charge in [0.15, 0.2) is 11.6 Å². The number of aryl methyl sites for hydroxylation is 2. The lowest BCUT2D eigenvalue weighted by Gasteiger charge is -2.19. The summed E-state index contributed by atoms with van der Waals surface area (Å²) in [6, 6.07) is 2.35. The van der Waals surface area contributed by atoms with Crippen molar-refractivity contribution in [3.8, 4) is 0 Å². The fourth-order valence-electron chi connectivity index (χ4n) is 3.47. The molecule has 0 atom stereocenters. The van der Waals surface area contributed by atoms with Gasteiger partial charge in [0.1, 0.15) is 21.9 Å². The van der Waals surface area contributed by atoms with E-state index in [1.807, 2.05) is 13.8 Å². The summed E-state index contributed by atoms with van der Waals surface area (Å²) in [5.74, 6) is -1.58. The Kier molecular flexibility index (Phi) is 5.69. The molecule has 152 valence electrons. The van der Waals surface area contributed by atoms with Gasteiger partial charge >= 0.3 is 0 Å². The van der Waals surface area contributed by atoms with Crippen LogP contribution in [-0.2, 0) is 4.79 Å². The number of anilines is 2. The van der Waals surface area contributed by atoms with Gasteiger partial charge in [0.2, 0.25) is 5.91 Å². The van der Waals surface area contributed by atoms with Crippen molar-refractivity contribution in [2.24, 2.45) is 0 Å². The smallest absolute Gasteiger partial charge is 0.234 e. The predicted octanol–water partition coefficient (Wildman–Crippen LogP) is 4.92. The maximum absolute atomic E-state index is 14.4. The van der Waals surface area contributed by atoms with Gasteiger partial charge in [-0.05, 0) is 44.4 Å². The zero-order valence-corrected chi connectivity index (χ0v) is 17.7. The summed E-state index contributed by atoms with van der Waals surface area (Å²) < 4.78 is 28.9. The maximum atomic E-state index is 14.4. The number of aromatic nitrogens is 2. The Hall–Kier alpha value is -2.26. The molecule has 3 aromatic rings. The SMILES string of the molecule is Cc1sc2ncnc(SCC(=O)Nc3cc(F)c(N4CCCC4)c(F)c3)c2c1C. The number of amides is 1. The Labute approximate surface area is 175 Å². The number of rotatable bonds is 5. The van der Waals surface area contributed by atoms with Crippen LogP contribution in [0.4, 0.5) is 20.2 Å². The molecule has 1 aliphatic heterocycles. The monoisotopic (exact) mass is 434 g/mol. The van der Waals surface area contributed by atoms with Gasteiger partial charge in [0.05, 0.1) is 5.75 Å². The zero-order valence-electron chi connectivity index (χ0n) is 16.1. The number of thioether (sulfide) groups is 1. The second kappa shape index (κ2) is 8.23. The first-order chi connectivity index (χ1) is 13.9. The standard InChI is InChI=1S/C20H20F2N4OS2/c1-11-12(2)29-20-17(11)19(23-10-24-20)28-9-16(27)25-13-7-14(21)18(15(22)8-13)26-5-3-4-6-26/h7-8,10H,3-6,9H2,1-2H3,(H,25,27). The molecule has 0 bridgehead atoms. The van der Waals surface area contributed by atoms with Gasteiger partial charge in [-0.2, -0.15) is 0 Å². The predicted molar refractivity (Wildman–Crippen MR) is 114 cm³/mol. The van der Waals surface area contributed by atoms with E-state index in [1.165, 1.54) is 30.2 Å². The summed E-state index contributed by atoms with van der Waals surface area (Å²) >= 11 is 2.88. The van der Waals surface area contributed by atoms with Crippen LogP contribution in [0.5, 0.6) is 0 Å². The molecular weight excluding hydrogens is 414 g/mol. The number of nitrogens with zero attached hydrogens (tertiary/aromatic N) is 3. The van der Waals surface area contributed by atoms with Crippen molar-refractivity contribution in [3.63, 3.8) is 0 Å². The molecule has 1 aliphatic rings. The van der Waals surface area contributed by atoms with Crippen molar-refractivity contribution < 1.29 is 13.6 Å². The number of benzene rings is 1. The van der Waals surface area contributed by atoms with Crippen LogP contribution in [-0.4, -0.2) is 34.7 Å². The van der Waals surface area contributed by atoms with Gasteiger partial charge in [-0.3, -0.25) is 4.79 Å². The number of hydrogen-bond acceptors (Lipinski definition) is 6. The minimum absolute atomic E-state index is 0.0124. The third-order valence-electron chi connectivity index (χ3n) is 4.99. The molecule has 1 N–H and O–H groups in total. The molecule has 0 saturated carbocycles. The van der Waals surface area contributed by atoms with E-state index < -0.39 is 11.6 Å². The highest BCUT2D eigenvalue weighted by atomic mass is 32.2. The highest BCUT2D eigenvalue weighted by Crippen LogP contribution is 2.34. The lowest BCUT2D eigenvalue weighted by atomic mass is 10.2. The highest BCUT2D eigenvalue weighted by molar-refractivity contribution is 8.00. The third kappa shape index (κ3) is 4.06. The van der Waals surface area contributed by atoms with Crippen molar-refractivity contribution in [1.82, 2.24) is 9.97 Å². The van der Waals surface area contributed by atoms with E-state index in [-0.39, 0.29) is 23.0 Å². The van der Waals surface area contributed by atoms with Gasteiger partial charge < -0.3 is 10.2 Å². The molecule has 0 aliphatic carbocycles. The molecule has 4 rings (SSSR count).